The number of piperazine rings is 1. The van der Waals surface area contributed by atoms with E-state index in [4.69, 9.17) is 4.74 Å². The molecular weight excluding hydrogens is 413 g/mol. The van der Waals surface area contributed by atoms with Crippen LogP contribution in [0.15, 0.2) is 36.4 Å². The summed E-state index contributed by atoms with van der Waals surface area (Å²) in [5.41, 5.74) is 5.86. The number of methoxy groups -OCH3 is 1. The number of ether oxygens (including phenoxy) is 1. The van der Waals surface area contributed by atoms with Crippen LogP contribution in [-0.4, -0.2) is 56.8 Å². The van der Waals surface area contributed by atoms with Crippen molar-refractivity contribution in [3.8, 4) is 5.75 Å². The number of nitrogens with zero attached hydrogens (tertiary/aromatic N) is 2. The topological polar surface area (TPSA) is 27.7 Å². The molecule has 4 nitrogen and oxygen atoms in total. The van der Waals surface area contributed by atoms with Crippen molar-refractivity contribution in [1.82, 2.24) is 10.2 Å². The van der Waals surface area contributed by atoms with Gasteiger partial charge in [-0.05, 0) is 105 Å². The number of hydrogen-bond acceptors (Lipinski definition) is 4. The van der Waals surface area contributed by atoms with Crippen LogP contribution < -0.4 is 15.0 Å². The van der Waals surface area contributed by atoms with Gasteiger partial charge in [-0.1, -0.05) is 12.5 Å². The number of fused-ring (bicyclic) bond motifs is 1. The fraction of sp³-hybridized carbons (Fsp3) is 0.571. The SMILES string of the molecule is COc1cc2c(cc1CCCN1CCN(c3ccc(F)cc3)CC1)CC1(CCCCN1)CC2. The molecule has 0 amide bonds. The van der Waals surface area contributed by atoms with E-state index in [1.54, 1.807) is 17.7 Å². The lowest BCUT2D eigenvalue weighted by Gasteiger charge is -2.42. The number of nitrogens with one attached hydrogen (secondary N) is 1. The molecule has 2 aliphatic heterocycles. The second-order valence-electron chi connectivity index (χ2n) is 10.2. The fourth-order valence-electron chi connectivity index (χ4n) is 6.10. The first-order chi connectivity index (χ1) is 16.1. The second-order valence-corrected chi connectivity index (χ2v) is 10.2. The van der Waals surface area contributed by atoms with Crippen LogP contribution in [0.25, 0.3) is 0 Å². The molecule has 2 saturated heterocycles. The third-order valence-electron chi connectivity index (χ3n) is 8.07. The predicted molar refractivity (Wildman–Crippen MR) is 133 cm³/mol. The predicted octanol–water partition coefficient (Wildman–Crippen LogP) is 4.59. The summed E-state index contributed by atoms with van der Waals surface area (Å²) in [6, 6.07) is 11.7. The van der Waals surface area contributed by atoms with Crippen LogP contribution in [0.4, 0.5) is 10.1 Å². The van der Waals surface area contributed by atoms with Crippen LogP contribution in [0.1, 0.15) is 48.8 Å². The minimum Gasteiger partial charge on any atom is -0.496 e. The van der Waals surface area contributed by atoms with Crippen molar-refractivity contribution < 1.29 is 9.13 Å². The van der Waals surface area contributed by atoms with Gasteiger partial charge in [0.2, 0.25) is 0 Å². The minimum absolute atomic E-state index is 0.167. The monoisotopic (exact) mass is 451 g/mol. The quantitative estimate of drug-likeness (QED) is 0.695. The van der Waals surface area contributed by atoms with Gasteiger partial charge < -0.3 is 15.0 Å². The molecule has 1 N–H and O–H groups in total. The van der Waals surface area contributed by atoms with Gasteiger partial charge >= 0.3 is 0 Å². The summed E-state index contributed by atoms with van der Waals surface area (Å²) in [5, 5.41) is 3.87. The highest BCUT2D eigenvalue weighted by atomic mass is 19.1. The van der Waals surface area contributed by atoms with E-state index < -0.39 is 0 Å². The summed E-state index contributed by atoms with van der Waals surface area (Å²) in [6.07, 6.45) is 9.80. The van der Waals surface area contributed by atoms with Crippen molar-refractivity contribution in [3.05, 3.63) is 58.9 Å². The highest BCUT2D eigenvalue weighted by Crippen LogP contribution is 2.37. The molecule has 178 valence electrons. The number of aryl methyl sites for hydroxylation is 2. The molecule has 2 aromatic carbocycles. The van der Waals surface area contributed by atoms with Gasteiger partial charge in [0.05, 0.1) is 7.11 Å². The standard InChI is InChI=1S/C28H38FN3O/c1-33-27-20-22-10-12-28(11-2-3-13-30-28)21-24(22)19-23(27)5-4-14-31-15-17-32(18-16-31)26-8-6-25(29)7-9-26/h6-9,19-20,30H,2-5,10-18,21H2,1H3. The summed E-state index contributed by atoms with van der Waals surface area (Å²) < 4.78 is 19.0. The Morgan fingerprint density at radius 3 is 2.55 bits per heavy atom. The molecule has 5 heteroatoms. The molecule has 0 radical (unpaired) electrons. The molecule has 1 unspecified atom stereocenters. The van der Waals surface area contributed by atoms with E-state index in [2.05, 4.69) is 27.2 Å². The van der Waals surface area contributed by atoms with Crippen LogP contribution in [0.5, 0.6) is 5.75 Å². The van der Waals surface area contributed by atoms with Gasteiger partial charge in [0.1, 0.15) is 11.6 Å². The normalized spacial score (nSPS) is 23.5. The number of hydrogen-bond donors (Lipinski definition) is 1. The Morgan fingerprint density at radius 2 is 1.82 bits per heavy atom. The molecule has 5 rings (SSSR count). The van der Waals surface area contributed by atoms with E-state index in [-0.39, 0.29) is 5.82 Å². The Kier molecular flexibility index (Phi) is 6.89. The van der Waals surface area contributed by atoms with Gasteiger partial charge in [-0.25, -0.2) is 4.39 Å². The maximum Gasteiger partial charge on any atom is 0.123 e. The van der Waals surface area contributed by atoms with E-state index in [9.17, 15) is 4.39 Å². The van der Waals surface area contributed by atoms with E-state index >= 15 is 0 Å². The Balaban J connectivity index is 1.16. The van der Waals surface area contributed by atoms with Crippen molar-refractivity contribution in [2.24, 2.45) is 0 Å². The zero-order valence-electron chi connectivity index (χ0n) is 20.0. The average molecular weight is 452 g/mol. The number of anilines is 1. The molecule has 0 saturated carbocycles. The average Bonchev–Trinajstić information content (AvgIpc) is 2.85. The summed E-state index contributed by atoms with van der Waals surface area (Å²) in [5.74, 6) is 0.905. The number of rotatable bonds is 6. The molecule has 2 aromatic rings. The maximum atomic E-state index is 13.2. The van der Waals surface area contributed by atoms with Crippen LogP contribution in [0.2, 0.25) is 0 Å². The molecule has 0 bridgehead atoms. The first kappa shape index (κ1) is 22.7. The van der Waals surface area contributed by atoms with Gasteiger partial charge in [0, 0.05) is 37.4 Å². The molecule has 2 heterocycles. The van der Waals surface area contributed by atoms with E-state index in [0.29, 0.717) is 5.54 Å². The first-order valence-corrected chi connectivity index (χ1v) is 12.8. The highest BCUT2D eigenvalue weighted by Gasteiger charge is 2.35. The van der Waals surface area contributed by atoms with Gasteiger partial charge in [0.15, 0.2) is 0 Å². The van der Waals surface area contributed by atoms with Gasteiger partial charge in [-0.15, -0.1) is 0 Å². The van der Waals surface area contributed by atoms with Crippen molar-refractivity contribution in [2.75, 3.05) is 51.3 Å². The van der Waals surface area contributed by atoms with Crippen molar-refractivity contribution in [1.29, 1.82) is 0 Å². The largest absolute Gasteiger partial charge is 0.496 e. The van der Waals surface area contributed by atoms with E-state index in [1.165, 1.54) is 49.8 Å². The van der Waals surface area contributed by atoms with Crippen LogP contribution in [0.3, 0.4) is 0 Å². The summed E-state index contributed by atoms with van der Waals surface area (Å²) in [4.78, 5) is 4.92. The Labute approximate surface area is 198 Å². The maximum absolute atomic E-state index is 13.2. The second kappa shape index (κ2) is 10.0. The highest BCUT2D eigenvalue weighted by molar-refractivity contribution is 5.47. The molecule has 2 fully saturated rings. The number of benzene rings is 2. The molecule has 33 heavy (non-hydrogen) atoms. The Hall–Kier alpha value is -2.11. The fourth-order valence-corrected chi connectivity index (χ4v) is 6.10. The van der Waals surface area contributed by atoms with Crippen molar-refractivity contribution >= 4 is 5.69 Å². The molecular formula is C28H38FN3O. The van der Waals surface area contributed by atoms with Gasteiger partial charge in [-0.2, -0.15) is 0 Å². The number of piperidine rings is 1. The van der Waals surface area contributed by atoms with Crippen LogP contribution in [-0.2, 0) is 19.3 Å². The molecule has 0 aromatic heterocycles. The lowest BCUT2D eigenvalue weighted by Crippen LogP contribution is -2.52. The molecule has 1 aliphatic carbocycles. The van der Waals surface area contributed by atoms with Crippen molar-refractivity contribution in [3.63, 3.8) is 0 Å². The third-order valence-corrected chi connectivity index (χ3v) is 8.07. The van der Waals surface area contributed by atoms with Crippen LogP contribution in [0, 0.1) is 5.82 Å². The molecule has 1 spiro atoms. The zero-order chi connectivity index (χ0) is 22.7. The van der Waals surface area contributed by atoms with Gasteiger partial charge in [-0.3, -0.25) is 4.90 Å². The molecule has 3 aliphatic rings. The molecule has 1 atom stereocenters. The van der Waals surface area contributed by atoms with E-state index in [1.807, 2.05) is 19.2 Å². The lowest BCUT2D eigenvalue weighted by atomic mass is 9.73. The summed E-state index contributed by atoms with van der Waals surface area (Å²) in [7, 11) is 1.81. The lowest BCUT2D eigenvalue weighted by molar-refractivity contribution is 0.225. The third kappa shape index (κ3) is 5.20. The summed E-state index contributed by atoms with van der Waals surface area (Å²) >= 11 is 0. The van der Waals surface area contributed by atoms with Crippen molar-refractivity contribution in [2.45, 2.75) is 56.9 Å². The van der Waals surface area contributed by atoms with Crippen LogP contribution >= 0.6 is 0 Å². The Bertz CT molecular complexity index is 931. The van der Waals surface area contributed by atoms with E-state index in [0.717, 1.165) is 63.4 Å². The number of halogens is 1. The smallest absolute Gasteiger partial charge is 0.123 e. The summed E-state index contributed by atoms with van der Waals surface area (Å²) in [6.45, 7) is 6.42. The first-order valence-electron chi connectivity index (χ1n) is 12.8. The van der Waals surface area contributed by atoms with Gasteiger partial charge in [0.25, 0.3) is 0 Å². The Morgan fingerprint density at radius 1 is 1.00 bits per heavy atom. The minimum atomic E-state index is -0.167. The zero-order valence-corrected chi connectivity index (χ0v) is 20.0.